The van der Waals surface area contributed by atoms with E-state index >= 15 is 0 Å². The number of aryl methyl sites for hydroxylation is 1. The normalized spacial score (nSPS) is 11.6. The maximum Gasteiger partial charge on any atom is 0.338 e. The summed E-state index contributed by atoms with van der Waals surface area (Å²) < 4.78 is 5.05. The Hall–Kier alpha value is -2.33. The first-order valence-corrected chi connectivity index (χ1v) is 8.18. The van der Waals surface area contributed by atoms with Crippen molar-refractivity contribution in [3.8, 4) is 0 Å². The Morgan fingerprint density at radius 2 is 1.71 bits per heavy atom. The van der Waals surface area contributed by atoms with Crippen molar-refractivity contribution in [3.05, 3.63) is 70.2 Å². The van der Waals surface area contributed by atoms with Crippen LogP contribution in [0.25, 0.3) is 0 Å². The second kappa shape index (κ2) is 8.50. The Morgan fingerprint density at radius 3 is 2.29 bits per heavy atom. The van der Waals surface area contributed by atoms with E-state index in [2.05, 4.69) is 5.32 Å². The zero-order valence-electron chi connectivity index (χ0n) is 13.7. The highest BCUT2D eigenvalue weighted by molar-refractivity contribution is 6.30. The highest BCUT2D eigenvalue weighted by Crippen LogP contribution is 2.16. The van der Waals surface area contributed by atoms with Gasteiger partial charge in [-0.25, -0.2) is 4.79 Å². The summed E-state index contributed by atoms with van der Waals surface area (Å²) >= 11 is 5.84. The van der Waals surface area contributed by atoms with Crippen LogP contribution in [0.15, 0.2) is 48.5 Å². The smallest absolute Gasteiger partial charge is 0.338 e. The maximum absolute atomic E-state index is 11.9. The van der Waals surface area contributed by atoms with Crippen LogP contribution in [0.5, 0.6) is 0 Å². The third kappa shape index (κ3) is 5.10. The summed E-state index contributed by atoms with van der Waals surface area (Å²) in [7, 11) is 0. The lowest BCUT2D eigenvalue weighted by Crippen LogP contribution is -2.31. The predicted molar refractivity (Wildman–Crippen MR) is 94.1 cm³/mol. The number of amides is 1. The minimum atomic E-state index is -0.507. The second-order valence-electron chi connectivity index (χ2n) is 5.47. The fraction of sp³-hybridized carbons (Fsp3) is 0.263. The summed E-state index contributed by atoms with van der Waals surface area (Å²) in [5, 5.41) is 3.42. The minimum Gasteiger partial charge on any atom is -0.452 e. The molecule has 0 saturated heterocycles. The minimum absolute atomic E-state index is 0.197. The van der Waals surface area contributed by atoms with Crippen LogP contribution in [0.1, 0.15) is 41.4 Å². The van der Waals surface area contributed by atoms with Gasteiger partial charge in [-0.05, 0) is 48.7 Å². The number of carbonyl (C=O) groups is 2. The number of nitrogens with one attached hydrogen (secondary N) is 1. The van der Waals surface area contributed by atoms with E-state index in [1.54, 1.807) is 24.3 Å². The number of ether oxygens (including phenoxy) is 1. The van der Waals surface area contributed by atoms with Crippen LogP contribution in [-0.4, -0.2) is 18.5 Å². The summed E-state index contributed by atoms with van der Waals surface area (Å²) in [6.45, 7) is 3.58. The van der Waals surface area contributed by atoms with Crippen LogP contribution in [0, 0.1) is 0 Å². The topological polar surface area (TPSA) is 55.4 Å². The Balaban J connectivity index is 1.83. The van der Waals surface area contributed by atoms with Crippen LogP contribution in [0.2, 0.25) is 5.02 Å². The lowest BCUT2D eigenvalue weighted by atomic mass is 10.1. The molecule has 0 bridgehead atoms. The van der Waals surface area contributed by atoms with Gasteiger partial charge in [0, 0.05) is 5.02 Å². The van der Waals surface area contributed by atoms with Gasteiger partial charge in [0.1, 0.15) is 0 Å². The lowest BCUT2D eigenvalue weighted by Gasteiger charge is -2.14. The number of hydrogen-bond donors (Lipinski definition) is 1. The van der Waals surface area contributed by atoms with Gasteiger partial charge >= 0.3 is 5.97 Å². The molecule has 1 atom stereocenters. The molecule has 1 N–H and O–H groups in total. The molecule has 0 aromatic heterocycles. The fourth-order valence-electron chi connectivity index (χ4n) is 2.21. The second-order valence-corrected chi connectivity index (χ2v) is 5.90. The van der Waals surface area contributed by atoms with E-state index in [1.807, 2.05) is 38.1 Å². The molecule has 0 aliphatic carbocycles. The van der Waals surface area contributed by atoms with Crippen LogP contribution in [-0.2, 0) is 16.0 Å². The van der Waals surface area contributed by atoms with E-state index in [4.69, 9.17) is 16.3 Å². The number of carbonyl (C=O) groups excluding carboxylic acids is 2. The predicted octanol–water partition coefficient (Wildman–Crippen LogP) is 3.94. The molecule has 0 heterocycles. The number of esters is 1. The standard InChI is InChI=1S/C19H20ClNO3/c1-3-14-4-6-16(7-5-14)19(23)24-12-18(22)21-13(2)15-8-10-17(20)11-9-15/h4-11,13H,3,12H2,1-2H3,(H,21,22)/t13-/m1/s1. The van der Waals surface area contributed by atoms with E-state index in [9.17, 15) is 9.59 Å². The molecule has 0 unspecified atom stereocenters. The van der Waals surface area contributed by atoms with Gasteiger partial charge in [-0.2, -0.15) is 0 Å². The van der Waals surface area contributed by atoms with Gasteiger partial charge in [0.25, 0.3) is 5.91 Å². The van der Waals surface area contributed by atoms with Crippen molar-refractivity contribution < 1.29 is 14.3 Å². The van der Waals surface area contributed by atoms with E-state index in [0.29, 0.717) is 10.6 Å². The summed E-state index contributed by atoms with van der Waals surface area (Å²) in [5.41, 5.74) is 2.50. The third-order valence-electron chi connectivity index (χ3n) is 3.68. The largest absolute Gasteiger partial charge is 0.452 e. The van der Waals surface area contributed by atoms with Gasteiger partial charge in [0.05, 0.1) is 11.6 Å². The van der Waals surface area contributed by atoms with Gasteiger partial charge in [0.2, 0.25) is 0 Å². The lowest BCUT2D eigenvalue weighted by molar-refractivity contribution is -0.124. The molecular formula is C19H20ClNO3. The van der Waals surface area contributed by atoms with E-state index in [0.717, 1.165) is 17.5 Å². The molecule has 126 valence electrons. The Morgan fingerprint density at radius 1 is 1.08 bits per heavy atom. The molecule has 4 nitrogen and oxygen atoms in total. The summed E-state index contributed by atoms with van der Waals surface area (Å²) in [6.07, 6.45) is 0.903. The number of benzene rings is 2. The van der Waals surface area contributed by atoms with Crippen LogP contribution >= 0.6 is 11.6 Å². The number of halogens is 1. The average molecular weight is 346 g/mol. The first-order valence-electron chi connectivity index (χ1n) is 7.80. The van der Waals surface area contributed by atoms with Gasteiger partial charge in [-0.3, -0.25) is 4.79 Å². The average Bonchev–Trinajstić information content (AvgIpc) is 2.60. The zero-order chi connectivity index (χ0) is 17.5. The Bertz CT molecular complexity index is 696. The molecule has 2 rings (SSSR count). The van der Waals surface area contributed by atoms with Gasteiger partial charge < -0.3 is 10.1 Å². The molecule has 0 fully saturated rings. The van der Waals surface area contributed by atoms with Crippen LogP contribution < -0.4 is 5.32 Å². The molecule has 5 heteroatoms. The highest BCUT2D eigenvalue weighted by atomic mass is 35.5. The first-order chi connectivity index (χ1) is 11.5. The number of hydrogen-bond acceptors (Lipinski definition) is 3. The molecule has 0 saturated carbocycles. The van der Waals surface area contributed by atoms with Crippen molar-refractivity contribution in [3.63, 3.8) is 0 Å². The Labute approximate surface area is 146 Å². The molecule has 0 aliphatic rings. The quantitative estimate of drug-likeness (QED) is 0.807. The molecule has 24 heavy (non-hydrogen) atoms. The molecule has 0 spiro atoms. The van der Waals surface area contributed by atoms with Crippen molar-refractivity contribution in [2.75, 3.05) is 6.61 Å². The highest BCUT2D eigenvalue weighted by Gasteiger charge is 2.13. The summed E-state index contributed by atoms with van der Waals surface area (Å²) in [6, 6.07) is 14.2. The monoisotopic (exact) mass is 345 g/mol. The molecule has 1 amide bonds. The van der Waals surface area contributed by atoms with Crippen molar-refractivity contribution in [1.29, 1.82) is 0 Å². The van der Waals surface area contributed by atoms with Gasteiger partial charge in [0.15, 0.2) is 6.61 Å². The molecule has 2 aromatic carbocycles. The van der Waals surface area contributed by atoms with Crippen molar-refractivity contribution in [2.45, 2.75) is 26.3 Å². The van der Waals surface area contributed by atoms with Crippen molar-refractivity contribution in [1.82, 2.24) is 5.32 Å². The summed E-state index contributed by atoms with van der Waals surface area (Å²) in [4.78, 5) is 23.8. The van der Waals surface area contributed by atoms with Gasteiger partial charge in [-0.1, -0.05) is 42.8 Å². The molecule has 2 aromatic rings. The van der Waals surface area contributed by atoms with Crippen molar-refractivity contribution >= 4 is 23.5 Å². The van der Waals surface area contributed by atoms with E-state index < -0.39 is 5.97 Å². The molecule has 0 aliphatic heterocycles. The first kappa shape index (κ1) is 18.0. The van der Waals surface area contributed by atoms with Gasteiger partial charge in [-0.15, -0.1) is 0 Å². The Kier molecular flexibility index (Phi) is 6.38. The van der Waals surface area contributed by atoms with E-state index in [-0.39, 0.29) is 18.6 Å². The van der Waals surface area contributed by atoms with Crippen molar-refractivity contribution in [2.24, 2.45) is 0 Å². The fourth-order valence-corrected chi connectivity index (χ4v) is 2.33. The molecule has 0 radical (unpaired) electrons. The maximum atomic E-state index is 11.9. The third-order valence-corrected chi connectivity index (χ3v) is 3.93. The SMILES string of the molecule is CCc1ccc(C(=O)OCC(=O)N[C@H](C)c2ccc(Cl)cc2)cc1. The zero-order valence-corrected chi connectivity index (χ0v) is 14.5. The van der Waals surface area contributed by atoms with E-state index in [1.165, 1.54) is 0 Å². The summed E-state index contributed by atoms with van der Waals surface area (Å²) in [5.74, 6) is -0.858. The number of rotatable bonds is 6. The van der Waals surface area contributed by atoms with Crippen LogP contribution in [0.3, 0.4) is 0 Å². The molecular weight excluding hydrogens is 326 g/mol. The van der Waals surface area contributed by atoms with Crippen LogP contribution in [0.4, 0.5) is 0 Å².